The van der Waals surface area contributed by atoms with Crippen LogP contribution < -0.4 is 5.43 Å². The number of benzene rings is 1. The number of nitrogens with one attached hydrogen (secondary N) is 1. The number of carbonyl (C=O) groups excluding carboxylic acids is 2. The Kier molecular flexibility index (Phi) is 7.68. The zero-order valence-electron chi connectivity index (χ0n) is 14.5. The van der Waals surface area contributed by atoms with Crippen LogP contribution in [-0.2, 0) is 9.59 Å². The number of nitrogens with zero attached hydrogens (tertiary/aromatic N) is 2. The van der Waals surface area contributed by atoms with E-state index in [1.807, 2.05) is 0 Å². The molecule has 0 radical (unpaired) electrons. The molecule has 1 aromatic carbocycles. The van der Waals surface area contributed by atoms with Crippen molar-refractivity contribution >= 4 is 63.8 Å². The van der Waals surface area contributed by atoms with Crippen LogP contribution in [0.3, 0.4) is 0 Å². The molecule has 0 saturated carbocycles. The van der Waals surface area contributed by atoms with Crippen LogP contribution in [0.15, 0.2) is 53.7 Å². The van der Waals surface area contributed by atoms with Gasteiger partial charge in [0.2, 0.25) is 0 Å². The van der Waals surface area contributed by atoms with Crippen LogP contribution in [0.25, 0.3) is 6.08 Å². The average Bonchev–Trinajstić information content (AvgIpc) is 2.91. The van der Waals surface area contributed by atoms with Gasteiger partial charge in [-0.3, -0.25) is 24.8 Å². The molecule has 0 unspecified atom stereocenters. The van der Waals surface area contributed by atoms with Gasteiger partial charge in [0, 0.05) is 29.9 Å². The van der Waals surface area contributed by atoms with Gasteiger partial charge in [0.1, 0.15) is 0 Å². The molecule has 0 spiro atoms. The zero-order chi connectivity index (χ0) is 20.7. The van der Waals surface area contributed by atoms with Crippen molar-refractivity contribution in [2.75, 3.05) is 0 Å². The second-order valence-electron chi connectivity index (χ2n) is 5.26. The number of aliphatic carboxylic acids is 1. The first kappa shape index (κ1) is 21.5. The van der Waals surface area contributed by atoms with E-state index < -0.39 is 11.9 Å². The van der Waals surface area contributed by atoms with E-state index in [1.165, 1.54) is 12.4 Å². The highest BCUT2D eigenvalue weighted by Crippen LogP contribution is 2.31. The highest BCUT2D eigenvalue weighted by Gasteiger charge is 2.33. The summed E-state index contributed by atoms with van der Waals surface area (Å²) in [7, 11) is 0. The van der Waals surface area contributed by atoms with E-state index in [0.29, 0.717) is 15.5 Å². The molecule has 0 aliphatic carbocycles. The zero-order valence-corrected chi connectivity index (χ0v) is 16.8. The number of carbonyl (C=O) groups is 3. The van der Waals surface area contributed by atoms with Crippen molar-refractivity contribution in [1.82, 2.24) is 15.4 Å². The van der Waals surface area contributed by atoms with E-state index in [0.717, 1.165) is 29.3 Å². The first-order valence-corrected chi connectivity index (χ1v) is 9.32. The first-order valence-electron chi connectivity index (χ1n) is 7.72. The maximum atomic E-state index is 12.5. The molecule has 1 saturated heterocycles. The van der Waals surface area contributed by atoms with E-state index in [9.17, 15) is 9.59 Å². The SMILES string of the molecule is CC(=O)O.O=C(NN1C(=O)C(=Cc2ccc(Cl)cc2)SC1=S)c1ccncc1. The summed E-state index contributed by atoms with van der Waals surface area (Å²) in [6.45, 7) is 1.08. The van der Waals surface area contributed by atoms with Gasteiger partial charge in [-0.2, -0.15) is 5.01 Å². The third kappa shape index (κ3) is 6.15. The molecule has 2 N–H and O–H groups in total. The number of pyridine rings is 1. The molecule has 10 heteroatoms. The van der Waals surface area contributed by atoms with Crippen molar-refractivity contribution in [1.29, 1.82) is 0 Å². The summed E-state index contributed by atoms with van der Waals surface area (Å²) in [5.41, 5.74) is 3.72. The number of aromatic nitrogens is 1. The fourth-order valence-corrected chi connectivity index (χ4v) is 3.25. The van der Waals surface area contributed by atoms with Crippen molar-refractivity contribution in [3.63, 3.8) is 0 Å². The van der Waals surface area contributed by atoms with Crippen molar-refractivity contribution in [3.8, 4) is 0 Å². The van der Waals surface area contributed by atoms with Crippen LogP contribution in [0.1, 0.15) is 22.8 Å². The largest absolute Gasteiger partial charge is 0.481 e. The molecular weight excluding hydrogens is 422 g/mol. The standard InChI is InChI=1S/C16H10ClN3O2S2.C2H4O2/c17-12-3-1-10(2-4-12)9-13-15(22)20(16(23)24-13)19-14(21)11-5-7-18-8-6-11;1-2(3)4/h1-9H,(H,19,21);1H3,(H,3,4). The predicted molar refractivity (Wildman–Crippen MR) is 111 cm³/mol. The molecule has 144 valence electrons. The predicted octanol–water partition coefficient (Wildman–Crippen LogP) is 3.37. The molecule has 1 aliphatic heterocycles. The van der Waals surface area contributed by atoms with Gasteiger partial charge >= 0.3 is 0 Å². The number of carboxylic acids is 1. The summed E-state index contributed by atoms with van der Waals surface area (Å²) >= 11 is 12.2. The Hall–Kier alpha value is -2.75. The Morgan fingerprint density at radius 3 is 2.36 bits per heavy atom. The van der Waals surface area contributed by atoms with Gasteiger partial charge in [-0.05, 0) is 48.1 Å². The minimum atomic E-state index is -0.833. The molecule has 1 aromatic heterocycles. The van der Waals surface area contributed by atoms with Crippen LogP contribution in [0.5, 0.6) is 0 Å². The Morgan fingerprint density at radius 2 is 1.79 bits per heavy atom. The molecular formula is C18H14ClN3O4S2. The Labute approximate surface area is 175 Å². The topological polar surface area (TPSA) is 99.6 Å². The number of thiocarbonyl (C=S) groups is 1. The van der Waals surface area contributed by atoms with Crippen molar-refractivity contribution < 1.29 is 19.5 Å². The average molecular weight is 436 g/mol. The van der Waals surface area contributed by atoms with Gasteiger partial charge in [-0.1, -0.05) is 35.5 Å². The second kappa shape index (κ2) is 9.98. The third-order valence-corrected chi connectivity index (χ3v) is 4.67. The van der Waals surface area contributed by atoms with Gasteiger partial charge in [0.15, 0.2) is 4.32 Å². The summed E-state index contributed by atoms with van der Waals surface area (Å²) < 4.78 is 0.266. The number of hydrogen-bond donors (Lipinski definition) is 2. The molecule has 7 nitrogen and oxygen atoms in total. The highest BCUT2D eigenvalue weighted by molar-refractivity contribution is 8.26. The molecule has 1 aliphatic rings. The third-order valence-electron chi connectivity index (χ3n) is 3.12. The summed E-state index contributed by atoms with van der Waals surface area (Å²) in [5.74, 6) is -1.64. The Morgan fingerprint density at radius 1 is 1.21 bits per heavy atom. The van der Waals surface area contributed by atoms with Crippen molar-refractivity contribution in [2.45, 2.75) is 6.92 Å². The number of hydrogen-bond acceptors (Lipinski definition) is 6. The van der Waals surface area contributed by atoms with Crippen LogP contribution in [0.4, 0.5) is 0 Å². The monoisotopic (exact) mass is 435 g/mol. The number of carboxylic acid groups (broad SMARTS) is 1. The van der Waals surface area contributed by atoms with Gasteiger partial charge in [-0.15, -0.1) is 0 Å². The van der Waals surface area contributed by atoms with E-state index in [2.05, 4.69) is 10.4 Å². The molecule has 2 aromatic rings. The van der Waals surface area contributed by atoms with Crippen LogP contribution >= 0.6 is 35.6 Å². The number of thioether (sulfide) groups is 1. The maximum absolute atomic E-state index is 12.5. The molecule has 28 heavy (non-hydrogen) atoms. The van der Waals surface area contributed by atoms with E-state index in [-0.39, 0.29) is 10.2 Å². The van der Waals surface area contributed by atoms with Crippen molar-refractivity contribution in [2.24, 2.45) is 0 Å². The van der Waals surface area contributed by atoms with Crippen LogP contribution in [0.2, 0.25) is 5.02 Å². The Bertz CT molecular complexity index is 930. The summed E-state index contributed by atoms with van der Waals surface area (Å²) in [6.07, 6.45) is 4.70. The lowest BCUT2D eigenvalue weighted by Gasteiger charge is -2.15. The molecule has 0 atom stereocenters. The number of halogens is 1. The molecule has 0 bridgehead atoms. The molecule has 1 fully saturated rings. The fourth-order valence-electron chi connectivity index (χ4n) is 1.94. The van der Waals surface area contributed by atoms with E-state index in [1.54, 1.807) is 42.5 Å². The number of amides is 2. The van der Waals surface area contributed by atoms with Gasteiger partial charge < -0.3 is 5.11 Å². The molecule has 2 heterocycles. The smallest absolute Gasteiger partial charge is 0.300 e. The van der Waals surface area contributed by atoms with Crippen LogP contribution in [-0.4, -0.2) is 37.2 Å². The maximum Gasteiger partial charge on any atom is 0.300 e. The van der Waals surface area contributed by atoms with Gasteiger partial charge in [0.05, 0.1) is 4.91 Å². The van der Waals surface area contributed by atoms with Crippen LogP contribution in [0, 0.1) is 0 Å². The number of hydrazine groups is 1. The van der Waals surface area contributed by atoms with Crippen molar-refractivity contribution in [3.05, 3.63) is 69.8 Å². The quantitative estimate of drug-likeness (QED) is 0.563. The van der Waals surface area contributed by atoms with E-state index in [4.69, 9.17) is 33.7 Å². The highest BCUT2D eigenvalue weighted by atomic mass is 35.5. The molecule has 3 rings (SSSR count). The van der Waals surface area contributed by atoms with Gasteiger partial charge in [-0.25, -0.2) is 0 Å². The summed E-state index contributed by atoms with van der Waals surface area (Å²) in [4.78, 5) is 37.9. The number of rotatable bonds is 3. The normalized spacial score (nSPS) is 14.5. The Balaban J connectivity index is 0.000000640. The van der Waals surface area contributed by atoms with Gasteiger partial charge in [0.25, 0.3) is 17.8 Å². The lowest BCUT2D eigenvalue weighted by Crippen LogP contribution is -2.44. The lowest BCUT2D eigenvalue weighted by molar-refractivity contribution is -0.134. The molecule has 2 amide bonds. The summed E-state index contributed by atoms with van der Waals surface area (Å²) in [6, 6.07) is 10.2. The summed E-state index contributed by atoms with van der Waals surface area (Å²) in [5, 5.41) is 9.11. The minimum Gasteiger partial charge on any atom is -0.481 e. The fraction of sp³-hybridized carbons (Fsp3) is 0.0556. The first-order chi connectivity index (χ1) is 13.3. The van der Waals surface area contributed by atoms with E-state index >= 15 is 0 Å². The minimum absolute atomic E-state index is 0.266. The lowest BCUT2D eigenvalue weighted by atomic mass is 10.2. The second-order valence-corrected chi connectivity index (χ2v) is 7.38.